The first kappa shape index (κ1) is 21.2. The molecule has 4 aromatic rings. The van der Waals surface area contributed by atoms with Crippen LogP contribution in [0.3, 0.4) is 0 Å². The minimum Gasteiger partial charge on any atom is -0.325 e. The van der Waals surface area contributed by atoms with Gasteiger partial charge in [0, 0.05) is 11.8 Å². The van der Waals surface area contributed by atoms with Gasteiger partial charge in [0.1, 0.15) is 0 Å². The second-order valence-electron chi connectivity index (χ2n) is 6.65. The van der Waals surface area contributed by atoms with E-state index in [9.17, 15) is 24.1 Å². The average molecular weight is 450 g/mol. The van der Waals surface area contributed by atoms with Gasteiger partial charge in [-0.05, 0) is 36.4 Å². The average Bonchev–Trinajstić information content (AvgIpc) is 2.79. The van der Waals surface area contributed by atoms with Gasteiger partial charge in [0.2, 0.25) is 11.7 Å². The number of aromatic nitrogens is 2. The van der Waals surface area contributed by atoms with Crippen LogP contribution < -0.4 is 10.9 Å². The third-order valence-corrected chi connectivity index (χ3v) is 5.46. The van der Waals surface area contributed by atoms with Crippen molar-refractivity contribution in [3.05, 3.63) is 99.1 Å². The van der Waals surface area contributed by atoms with E-state index in [4.69, 9.17) is 0 Å². The zero-order chi connectivity index (χ0) is 22.7. The number of hydrogen-bond acceptors (Lipinski definition) is 6. The lowest BCUT2D eigenvalue weighted by Gasteiger charge is -2.13. The summed E-state index contributed by atoms with van der Waals surface area (Å²) in [5, 5.41) is 14.2. The zero-order valence-corrected chi connectivity index (χ0v) is 17.2. The van der Waals surface area contributed by atoms with Crippen LogP contribution in [0, 0.1) is 15.9 Å². The Balaban J connectivity index is 1.62. The summed E-state index contributed by atoms with van der Waals surface area (Å²) >= 11 is 1.04. The molecule has 4 rings (SSSR count). The van der Waals surface area contributed by atoms with Gasteiger partial charge in [-0.2, -0.15) is 4.39 Å². The number of nitro benzene ring substituents is 1. The fourth-order valence-electron chi connectivity index (χ4n) is 3.07. The Hall–Kier alpha value is -4.05. The van der Waals surface area contributed by atoms with E-state index in [1.165, 1.54) is 10.6 Å². The number of carbonyl (C=O) groups is 1. The first-order valence-electron chi connectivity index (χ1n) is 9.38. The summed E-state index contributed by atoms with van der Waals surface area (Å²) in [7, 11) is 0. The number of rotatable bonds is 6. The molecule has 0 saturated heterocycles. The van der Waals surface area contributed by atoms with Crippen LogP contribution in [0.1, 0.15) is 0 Å². The van der Waals surface area contributed by atoms with Crippen molar-refractivity contribution in [2.75, 3.05) is 11.1 Å². The molecule has 0 aliphatic rings. The van der Waals surface area contributed by atoms with Gasteiger partial charge < -0.3 is 5.32 Å². The van der Waals surface area contributed by atoms with E-state index >= 15 is 0 Å². The molecule has 0 saturated carbocycles. The van der Waals surface area contributed by atoms with Crippen molar-refractivity contribution in [3.8, 4) is 5.69 Å². The number of anilines is 1. The summed E-state index contributed by atoms with van der Waals surface area (Å²) in [5.41, 5.74) is 0.202. The van der Waals surface area contributed by atoms with Gasteiger partial charge in [-0.3, -0.25) is 24.3 Å². The second kappa shape index (κ2) is 8.98. The Morgan fingerprint density at radius 1 is 1.09 bits per heavy atom. The molecule has 1 amide bonds. The molecule has 0 unspecified atom stereocenters. The summed E-state index contributed by atoms with van der Waals surface area (Å²) in [5.74, 6) is -1.60. The van der Waals surface area contributed by atoms with Crippen LogP contribution in [0.4, 0.5) is 15.8 Å². The van der Waals surface area contributed by atoms with Gasteiger partial charge in [0.05, 0.1) is 27.3 Å². The number of nitro groups is 1. The molecular formula is C22H15FN4O4S. The van der Waals surface area contributed by atoms with E-state index in [-0.39, 0.29) is 17.0 Å². The van der Waals surface area contributed by atoms with Gasteiger partial charge >= 0.3 is 5.69 Å². The lowest BCUT2D eigenvalue weighted by Crippen LogP contribution is -2.22. The molecule has 0 atom stereocenters. The third-order valence-electron chi connectivity index (χ3n) is 4.52. The zero-order valence-electron chi connectivity index (χ0n) is 16.4. The summed E-state index contributed by atoms with van der Waals surface area (Å²) in [6, 6.07) is 19.0. The molecule has 8 nitrogen and oxygen atoms in total. The monoisotopic (exact) mass is 450 g/mol. The van der Waals surface area contributed by atoms with Crippen LogP contribution in [0.25, 0.3) is 16.6 Å². The highest BCUT2D eigenvalue weighted by Crippen LogP contribution is 2.24. The number of carbonyl (C=O) groups excluding carboxylic acids is 1. The number of nitrogens with zero attached hydrogens (tertiary/aromatic N) is 3. The summed E-state index contributed by atoms with van der Waals surface area (Å²) < 4.78 is 14.9. The van der Waals surface area contributed by atoms with Crippen LogP contribution in [-0.2, 0) is 4.79 Å². The normalized spacial score (nSPS) is 10.8. The molecule has 3 aromatic carbocycles. The van der Waals surface area contributed by atoms with Crippen molar-refractivity contribution in [1.82, 2.24) is 9.55 Å². The summed E-state index contributed by atoms with van der Waals surface area (Å²) in [6.07, 6.45) is 0. The van der Waals surface area contributed by atoms with Gasteiger partial charge in [-0.1, -0.05) is 42.1 Å². The molecule has 0 aliphatic carbocycles. The number of hydrogen-bond donors (Lipinski definition) is 1. The summed E-state index contributed by atoms with van der Waals surface area (Å²) in [4.78, 5) is 40.1. The van der Waals surface area contributed by atoms with Crippen LogP contribution in [0.2, 0.25) is 0 Å². The van der Waals surface area contributed by atoms with Gasteiger partial charge in [0.15, 0.2) is 5.16 Å². The van der Waals surface area contributed by atoms with Crippen molar-refractivity contribution in [2.45, 2.75) is 5.16 Å². The highest BCUT2D eigenvalue weighted by Gasteiger charge is 2.17. The number of thioether (sulfide) groups is 1. The minimum atomic E-state index is -0.991. The lowest BCUT2D eigenvalue weighted by molar-refractivity contribution is -0.387. The predicted molar refractivity (Wildman–Crippen MR) is 120 cm³/mol. The lowest BCUT2D eigenvalue weighted by atomic mass is 10.2. The van der Waals surface area contributed by atoms with E-state index < -0.39 is 22.3 Å². The predicted octanol–water partition coefficient (Wildman–Crippen LogP) is 4.16. The maximum absolute atomic E-state index is 13.5. The highest BCUT2D eigenvalue weighted by atomic mass is 32.2. The van der Waals surface area contributed by atoms with Crippen molar-refractivity contribution < 1.29 is 14.1 Å². The van der Waals surface area contributed by atoms with Gasteiger partial charge in [-0.25, -0.2) is 4.98 Å². The number of fused-ring (bicyclic) bond motifs is 1. The van der Waals surface area contributed by atoms with E-state index in [0.29, 0.717) is 21.7 Å². The molecule has 1 aromatic heterocycles. The van der Waals surface area contributed by atoms with Crippen molar-refractivity contribution in [1.29, 1.82) is 0 Å². The Morgan fingerprint density at radius 2 is 1.81 bits per heavy atom. The Bertz CT molecular complexity index is 1390. The molecule has 0 radical (unpaired) electrons. The number of halogens is 1. The van der Waals surface area contributed by atoms with E-state index in [1.54, 1.807) is 48.5 Å². The molecule has 160 valence electrons. The second-order valence-corrected chi connectivity index (χ2v) is 7.59. The fraction of sp³-hybridized carbons (Fsp3) is 0.0455. The van der Waals surface area contributed by atoms with Gasteiger partial charge in [0.25, 0.3) is 5.56 Å². The number of amides is 1. The van der Waals surface area contributed by atoms with E-state index in [2.05, 4.69) is 10.3 Å². The van der Waals surface area contributed by atoms with E-state index in [0.717, 1.165) is 23.9 Å². The van der Waals surface area contributed by atoms with Crippen LogP contribution >= 0.6 is 11.8 Å². The Labute approximate surface area is 184 Å². The van der Waals surface area contributed by atoms with Crippen LogP contribution in [0.5, 0.6) is 0 Å². The molecule has 0 spiro atoms. The van der Waals surface area contributed by atoms with E-state index in [1.807, 2.05) is 6.07 Å². The van der Waals surface area contributed by atoms with Crippen LogP contribution in [0.15, 0.2) is 82.7 Å². The fourth-order valence-corrected chi connectivity index (χ4v) is 3.88. The maximum Gasteiger partial charge on any atom is 0.306 e. The smallest absolute Gasteiger partial charge is 0.306 e. The SMILES string of the molecule is O=C(CSc1nc2ccccc2c(=O)n1-c1ccccc1)Nc1ccc(F)c([N+](=O)[O-])c1. The molecule has 1 heterocycles. The van der Waals surface area contributed by atoms with Crippen molar-refractivity contribution >= 4 is 39.9 Å². The number of nitrogens with one attached hydrogen (secondary N) is 1. The molecule has 10 heteroatoms. The quantitative estimate of drug-likeness (QED) is 0.205. The number of benzene rings is 3. The minimum absolute atomic E-state index is 0.0932. The molecule has 1 N–H and O–H groups in total. The first-order chi connectivity index (χ1) is 15.4. The molecular weight excluding hydrogens is 435 g/mol. The number of para-hydroxylation sites is 2. The highest BCUT2D eigenvalue weighted by molar-refractivity contribution is 7.99. The standard InChI is InChI=1S/C22H15FN4O4S/c23-17-11-10-14(12-19(17)27(30)31)24-20(28)13-32-22-25-18-9-5-4-8-16(18)21(29)26(22)15-6-2-1-3-7-15/h1-12H,13H2,(H,24,28). The van der Waals surface area contributed by atoms with Gasteiger partial charge in [-0.15, -0.1) is 0 Å². The third kappa shape index (κ3) is 4.35. The largest absolute Gasteiger partial charge is 0.325 e. The first-order valence-corrected chi connectivity index (χ1v) is 10.4. The Morgan fingerprint density at radius 3 is 2.56 bits per heavy atom. The van der Waals surface area contributed by atoms with Crippen LogP contribution in [-0.4, -0.2) is 26.1 Å². The molecule has 32 heavy (non-hydrogen) atoms. The molecule has 0 aliphatic heterocycles. The molecule has 0 fully saturated rings. The summed E-state index contributed by atoms with van der Waals surface area (Å²) in [6.45, 7) is 0. The van der Waals surface area contributed by atoms with Crippen molar-refractivity contribution in [3.63, 3.8) is 0 Å². The topological polar surface area (TPSA) is 107 Å². The Kier molecular flexibility index (Phi) is 5.95. The van der Waals surface area contributed by atoms with Crippen molar-refractivity contribution in [2.24, 2.45) is 0 Å². The maximum atomic E-state index is 13.5. The molecule has 0 bridgehead atoms.